The maximum atomic E-state index is 12.5. The van der Waals surface area contributed by atoms with Gasteiger partial charge in [-0.05, 0) is 42.5 Å². The number of anilines is 1. The normalized spacial score (nSPS) is 11.4. The molecule has 0 atom stereocenters. The Morgan fingerprint density at radius 3 is 2.44 bits per heavy atom. The molecule has 0 unspecified atom stereocenters. The molecule has 0 aliphatic rings. The fourth-order valence-electron chi connectivity index (χ4n) is 1.76. The third-order valence-corrected chi connectivity index (χ3v) is 3.54. The predicted octanol–water partition coefficient (Wildman–Crippen LogP) is 5.59. The van der Waals surface area contributed by atoms with Crippen molar-refractivity contribution < 1.29 is 27.4 Å². The van der Waals surface area contributed by atoms with E-state index in [2.05, 4.69) is 10.3 Å². The first kappa shape index (κ1) is 20.9. The molecule has 0 fully saturated rings. The topological polar surface area (TPSA) is 60.5 Å². The summed E-state index contributed by atoms with van der Waals surface area (Å²) in [6.07, 6.45) is -1.55. The molecular weight excluding hydrogens is 408 g/mol. The number of hydrogen-bond acceptors (Lipinski definition) is 4. The smallest absolute Gasteiger partial charge is 0.417 e. The molecule has 1 amide bonds. The van der Waals surface area contributed by atoms with Crippen LogP contribution in [0.25, 0.3) is 0 Å². The fraction of sp³-hybridized carbons (Fsp3) is 0.176. The molecule has 0 aliphatic carbocycles. The zero-order valence-corrected chi connectivity index (χ0v) is 15.1. The lowest BCUT2D eigenvalue weighted by atomic mass is 10.3. The lowest BCUT2D eigenvalue weighted by Crippen LogP contribution is -2.13. The van der Waals surface area contributed by atoms with Crippen LogP contribution in [0, 0.1) is 0 Å². The van der Waals surface area contributed by atoms with Gasteiger partial charge < -0.3 is 9.47 Å². The van der Waals surface area contributed by atoms with Crippen LogP contribution >= 0.6 is 23.2 Å². The van der Waals surface area contributed by atoms with E-state index in [1.165, 1.54) is 12.2 Å². The molecule has 0 spiro atoms. The van der Waals surface area contributed by atoms with E-state index in [9.17, 15) is 18.0 Å². The van der Waals surface area contributed by atoms with E-state index in [1.807, 2.05) is 0 Å². The third kappa shape index (κ3) is 6.99. The van der Waals surface area contributed by atoms with Gasteiger partial charge in [0.15, 0.2) is 0 Å². The summed E-state index contributed by atoms with van der Waals surface area (Å²) >= 11 is 11.4. The minimum atomic E-state index is -4.53. The summed E-state index contributed by atoms with van der Waals surface area (Å²) in [7, 11) is 0. The van der Waals surface area contributed by atoms with Crippen LogP contribution in [0.5, 0.6) is 5.88 Å². The Kier molecular flexibility index (Phi) is 7.32. The molecule has 144 valence electrons. The molecule has 27 heavy (non-hydrogen) atoms. The van der Waals surface area contributed by atoms with Crippen molar-refractivity contribution in [2.75, 3.05) is 18.5 Å². The molecule has 1 aromatic heterocycles. The summed E-state index contributed by atoms with van der Waals surface area (Å²) in [6, 6.07) is 7.21. The van der Waals surface area contributed by atoms with Gasteiger partial charge in [0.25, 0.3) is 0 Å². The van der Waals surface area contributed by atoms with E-state index in [-0.39, 0.29) is 24.1 Å². The maximum Gasteiger partial charge on any atom is 0.417 e. The molecule has 5 nitrogen and oxygen atoms in total. The number of carbonyl (C=O) groups is 1. The van der Waals surface area contributed by atoms with E-state index >= 15 is 0 Å². The van der Waals surface area contributed by atoms with Gasteiger partial charge in [-0.1, -0.05) is 23.2 Å². The van der Waals surface area contributed by atoms with Crippen molar-refractivity contribution in [1.29, 1.82) is 0 Å². The number of alkyl halides is 3. The molecule has 0 saturated heterocycles. The van der Waals surface area contributed by atoms with Crippen LogP contribution in [-0.2, 0) is 10.9 Å². The van der Waals surface area contributed by atoms with Crippen LogP contribution in [-0.4, -0.2) is 24.3 Å². The summed E-state index contributed by atoms with van der Waals surface area (Å²) in [5, 5.41) is 2.79. The molecule has 0 aliphatic heterocycles. The van der Waals surface area contributed by atoms with Gasteiger partial charge in [-0.25, -0.2) is 9.78 Å². The van der Waals surface area contributed by atoms with Crippen molar-refractivity contribution in [3.63, 3.8) is 0 Å². The summed E-state index contributed by atoms with van der Waals surface area (Å²) in [4.78, 5) is 15.1. The Labute approximate surface area is 162 Å². The van der Waals surface area contributed by atoms with Gasteiger partial charge in [0.05, 0.1) is 5.56 Å². The average molecular weight is 421 g/mol. The molecule has 1 aromatic carbocycles. The second-order valence-corrected chi connectivity index (χ2v) is 5.87. The molecule has 0 bridgehead atoms. The van der Waals surface area contributed by atoms with Crippen molar-refractivity contribution in [3.05, 3.63) is 64.3 Å². The molecular formula is C17H13Cl2F3N2O3. The number of ether oxygens (including phenoxy) is 2. The van der Waals surface area contributed by atoms with Crippen LogP contribution in [0.1, 0.15) is 5.56 Å². The van der Waals surface area contributed by atoms with E-state index in [1.54, 1.807) is 24.3 Å². The predicted molar refractivity (Wildman–Crippen MR) is 95.3 cm³/mol. The lowest BCUT2D eigenvalue weighted by molar-refractivity contribution is -0.137. The minimum Gasteiger partial charge on any atom is -0.472 e. The van der Waals surface area contributed by atoms with Gasteiger partial charge in [0.1, 0.15) is 18.2 Å². The Balaban J connectivity index is 1.72. The van der Waals surface area contributed by atoms with Crippen LogP contribution in [0.2, 0.25) is 10.0 Å². The number of carbonyl (C=O) groups excluding carboxylic acids is 1. The minimum absolute atomic E-state index is 0.0136. The number of aromatic nitrogens is 1. The lowest BCUT2D eigenvalue weighted by Gasteiger charge is -2.09. The van der Waals surface area contributed by atoms with Gasteiger partial charge in [-0.15, -0.1) is 0 Å². The van der Waals surface area contributed by atoms with E-state index in [0.29, 0.717) is 16.9 Å². The molecule has 10 heteroatoms. The molecule has 1 N–H and O–H groups in total. The number of pyridine rings is 1. The first-order chi connectivity index (χ1) is 12.8. The first-order valence-corrected chi connectivity index (χ1v) is 8.21. The first-order valence-electron chi connectivity index (χ1n) is 7.45. The Hall–Kier alpha value is -2.45. The second kappa shape index (κ2) is 9.48. The zero-order chi connectivity index (χ0) is 19.9. The highest BCUT2D eigenvalue weighted by Crippen LogP contribution is 2.33. The summed E-state index contributed by atoms with van der Waals surface area (Å²) in [6.45, 7) is -0.0444. The summed E-state index contributed by atoms with van der Waals surface area (Å²) in [5.41, 5.74) is -0.435. The highest BCUT2D eigenvalue weighted by Gasteiger charge is 2.31. The van der Waals surface area contributed by atoms with Crippen LogP contribution in [0.4, 0.5) is 23.7 Å². The third-order valence-electron chi connectivity index (χ3n) is 3.02. The highest BCUT2D eigenvalue weighted by atomic mass is 35.5. The van der Waals surface area contributed by atoms with Crippen molar-refractivity contribution >= 4 is 35.0 Å². The molecule has 1 heterocycles. The summed E-state index contributed by atoms with van der Waals surface area (Å²) in [5.74, 6) is -0.129. The van der Waals surface area contributed by atoms with Gasteiger partial charge >= 0.3 is 12.3 Å². The van der Waals surface area contributed by atoms with Gasteiger partial charge in [0.2, 0.25) is 5.88 Å². The van der Waals surface area contributed by atoms with Gasteiger partial charge in [-0.3, -0.25) is 5.32 Å². The number of halogens is 5. The fourth-order valence-corrected chi connectivity index (χ4v) is 2.11. The van der Waals surface area contributed by atoms with Crippen molar-refractivity contribution in [1.82, 2.24) is 4.98 Å². The second-order valence-electron chi connectivity index (χ2n) is 5.02. The number of nitrogens with one attached hydrogen (secondary N) is 1. The number of nitrogens with zero attached hydrogens (tertiary/aromatic N) is 1. The monoisotopic (exact) mass is 420 g/mol. The highest BCUT2D eigenvalue weighted by molar-refractivity contribution is 6.31. The zero-order valence-electron chi connectivity index (χ0n) is 13.6. The Morgan fingerprint density at radius 2 is 1.81 bits per heavy atom. The largest absolute Gasteiger partial charge is 0.472 e. The van der Waals surface area contributed by atoms with E-state index in [4.69, 9.17) is 32.7 Å². The maximum absolute atomic E-state index is 12.5. The van der Waals surface area contributed by atoms with Crippen LogP contribution in [0.3, 0.4) is 0 Å². The summed E-state index contributed by atoms with van der Waals surface area (Å²) < 4.78 is 47.6. The molecule has 0 saturated carbocycles. The molecule has 0 radical (unpaired) electrons. The van der Waals surface area contributed by atoms with Crippen molar-refractivity contribution in [3.8, 4) is 5.88 Å². The number of hydrogen-bond donors (Lipinski definition) is 1. The molecule has 2 aromatic rings. The number of amides is 1. The number of rotatable bonds is 6. The van der Waals surface area contributed by atoms with E-state index < -0.39 is 17.8 Å². The standard InChI is InChI=1S/C17H13Cl2F3N2O3/c18-12-3-5-13(6-4-12)24-16(25)27-8-2-1-7-26-15-14(19)9-11(10-23-15)17(20,21)22/h1-6,9-10H,7-8H2,(H,24,25)/b2-1+. The quantitative estimate of drug-likeness (QED) is 0.618. The number of benzene rings is 1. The van der Waals surface area contributed by atoms with E-state index in [0.717, 1.165) is 6.07 Å². The van der Waals surface area contributed by atoms with Crippen molar-refractivity contribution in [2.24, 2.45) is 0 Å². The Morgan fingerprint density at radius 1 is 1.15 bits per heavy atom. The average Bonchev–Trinajstić information content (AvgIpc) is 2.60. The van der Waals surface area contributed by atoms with Crippen LogP contribution in [0.15, 0.2) is 48.7 Å². The SMILES string of the molecule is O=C(Nc1ccc(Cl)cc1)OC/C=C/COc1ncc(C(F)(F)F)cc1Cl. The molecule has 2 rings (SSSR count). The van der Waals surface area contributed by atoms with Gasteiger partial charge in [-0.2, -0.15) is 13.2 Å². The van der Waals surface area contributed by atoms with Crippen LogP contribution < -0.4 is 10.1 Å². The Bertz CT molecular complexity index is 812. The van der Waals surface area contributed by atoms with Crippen molar-refractivity contribution in [2.45, 2.75) is 6.18 Å². The van der Waals surface area contributed by atoms with Gasteiger partial charge in [0, 0.05) is 16.9 Å².